The molecule has 3 heterocycles. The van der Waals surface area contributed by atoms with E-state index in [1.807, 2.05) is 12.1 Å². The van der Waals surface area contributed by atoms with Gasteiger partial charge in [-0.2, -0.15) is 13.2 Å². The number of ether oxygens (including phenoxy) is 1. The molecule has 0 radical (unpaired) electrons. The van der Waals surface area contributed by atoms with Crippen molar-refractivity contribution >= 4 is 41.3 Å². The van der Waals surface area contributed by atoms with E-state index >= 15 is 0 Å². The number of hydrogen-bond acceptors (Lipinski definition) is 5. The first-order chi connectivity index (χ1) is 13.5. The Morgan fingerprint density at radius 3 is 2.69 bits per heavy atom. The second-order valence-electron chi connectivity index (χ2n) is 6.38. The van der Waals surface area contributed by atoms with Crippen LogP contribution in [0.1, 0.15) is 29.3 Å². The summed E-state index contributed by atoms with van der Waals surface area (Å²) in [7, 11) is 0. The van der Waals surface area contributed by atoms with Crippen LogP contribution in [0.5, 0.6) is 0 Å². The molecule has 1 unspecified atom stereocenters. The highest BCUT2D eigenvalue weighted by atomic mass is 127. The second-order valence-corrected chi connectivity index (χ2v) is 7.32. The molecule has 1 aliphatic heterocycles. The molecule has 0 spiro atoms. The van der Waals surface area contributed by atoms with Gasteiger partial charge >= 0.3 is 6.18 Å². The lowest BCUT2D eigenvalue weighted by molar-refractivity contribution is -0.140. The maximum Gasteiger partial charge on any atom is 0.434 e. The average molecular weight is 544 g/mol. The van der Waals surface area contributed by atoms with Gasteiger partial charge in [-0.25, -0.2) is 4.98 Å². The molecule has 1 fully saturated rings. The van der Waals surface area contributed by atoms with E-state index in [9.17, 15) is 13.2 Å². The number of furan rings is 1. The quantitative estimate of drug-likeness (QED) is 0.300. The van der Waals surface area contributed by atoms with Gasteiger partial charge in [0.15, 0.2) is 11.7 Å². The van der Waals surface area contributed by atoms with E-state index in [4.69, 9.17) is 9.15 Å². The molecule has 2 aromatic heterocycles. The molecule has 6 nitrogen and oxygen atoms in total. The maximum absolute atomic E-state index is 12.6. The monoisotopic (exact) mass is 544 g/mol. The van der Waals surface area contributed by atoms with Gasteiger partial charge in [0.05, 0.1) is 23.9 Å². The molecule has 0 amide bonds. The maximum atomic E-state index is 12.6. The van der Waals surface area contributed by atoms with Gasteiger partial charge in [-0.05, 0) is 25.0 Å². The molecule has 2 N–H and O–H groups in total. The zero-order valence-corrected chi connectivity index (χ0v) is 18.9. The van der Waals surface area contributed by atoms with Gasteiger partial charge in [0.1, 0.15) is 5.76 Å². The highest BCUT2D eigenvalue weighted by molar-refractivity contribution is 14.0. The van der Waals surface area contributed by atoms with Crippen molar-refractivity contribution in [3.05, 3.63) is 40.2 Å². The van der Waals surface area contributed by atoms with Crippen LogP contribution in [0.25, 0.3) is 0 Å². The Bertz CT molecular complexity index is 747. The number of aliphatic imine (C=N–C) groups is 1. The number of aromatic nitrogens is 1. The number of nitrogens with one attached hydrogen (secondary N) is 2. The van der Waals surface area contributed by atoms with E-state index in [1.165, 1.54) is 0 Å². The fraction of sp³-hybridized carbons (Fsp3) is 0.556. The second kappa shape index (κ2) is 11.7. The molecular weight excluding hydrogens is 520 g/mol. The summed E-state index contributed by atoms with van der Waals surface area (Å²) >= 11 is 1.01. The molecule has 0 saturated carbocycles. The number of halogens is 4. The highest BCUT2D eigenvalue weighted by Gasteiger charge is 2.33. The molecule has 0 bridgehead atoms. The third kappa shape index (κ3) is 8.13. The number of nitrogens with zero attached hydrogens (tertiary/aromatic N) is 2. The van der Waals surface area contributed by atoms with Crippen LogP contribution >= 0.6 is 35.3 Å². The van der Waals surface area contributed by atoms with Crippen LogP contribution in [-0.4, -0.2) is 43.3 Å². The number of hydrogen-bond donors (Lipinski definition) is 2. The minimum Gasteiger partial charge on any atom is -0.469 e. The molecule has 1 saturated heterocycles. The zero-order valence-electron chi connectivity index (χ0n) is 15.7. The van der Waals surface area contributed by atoms with Crippen LogP contribution in [0.15, 0.2) is 33.2 Å². The summed E-state index contributed by atoms with van der Waals surface area (Å²) in [6, 6.07) is 3.74. The van der Waals surface area contributed by atoms with Gasteiger partial charge in [0.25, 0.3) is 0 Å². The molecule has 3 rings (SSSR count). The zero-order chi connectivity index (χ0) is 19.8. The molecule has 2 aromatic rings. The smallest absolute Gasteiger partial charge is 0.434 e. The highest BCUT2D eigenvalue weighted by Crippen LogP contribution is 2.30. The first-order valence-corrected chi connectivity index (χ1v) is 10.1. The molecule has 1 atom stereocenters. The predicted octanol–water partition coefficient (Wildman–Crippen LogP) is 3.87. The number of rotatable bonds is 8. The summed E-state index contributed by atoms with van der Waals surface area (Å²) < 4.78 is 48.8. The van der Waals surface area contributed by atoms with E-state index in [0.717, 1.165) is 41.9 Å². The van der Waals surface area contributed by atoms with Crippen LogP contribution in [0, 0.1) is 0 Å². The number of guanidine groups is 1. The molecule has 162 valence electrons. The molecule has 0 aliphatic carbocycles. The summed E-state index contributed by atoms with van der Waals surface area (Å²) in [6.07, 6.45) is 0.474. The number of alkyl halides is 3. The third-order valence-electron chi connectivity index (χ3n) is 4.19. The Hall–Kier alpha value is -1.34. The van der Waals surface area contributed by atoms with Crippen molar-refractivity contribution in [2.45, 2.75) is 38.0 Å². The summed E-state index contributed by atoms with van der Waals surface area (Å²) in [5.74, 6) is 1.48. The molecule has 1 aliphatic rings. The predicted molar refractivity (Wildman–Crippen MR) is 116 cm³/mol. The van der Waals surface area contributed by atoms with Crippen molar-refractivity contribution in [1.29, 1.82) is 0 Å². The van der Waals surface area contributed by atoms with Crippen molar-refractivity contribution < 1.29 is 22.3 Å². The lowest BCUT2D eigenvalue weighted by Gasteiger charge is -2.13. The first kappa shape index (κ1) is 23.9. The van der Waals surface area contributed by atoms with Crippen molar-refractivity contribution in [2.75, 3.05) is 26.2 Å². The Labute approximate surface area is 188 Å². The summed E-state index contributed by atoms with van der Waals surface area (Å²) in [6.45, 7) is 2.37. The third-order valence-corrected chi connectivity index (χ3v) is 5.10. The van der Waals surface area contributed by atoms with E-state index in [2.05, 4.69) is 20.6 Å². The molecular formula is C18H24F3IN4O2S. The van der Waals surface area contributed by atoms with Crippen molar-refractivity contribution in [1.82, 2.24) is 15.6 Å². The SMILES string of the molecule is FC(F)(F)c1csc(CCNC(=NCC2CCCO2)NCCc2ccco2)n1.I. The topological polar surface area (TPSA) is 71.7 Å². The van der Waals surface area contributed by atoms with Crippen molar-refractivity contribution in [2.24, 2.45) is 4.99 Å². The largest absolute Gasteiger partial charge is 0.469 e. The van der Waals surface area contributed by atoms with Crippen LogP contribution in [-0.2, 0) is 23.8 Å². The van der Waals surface area contributed by atoms with Gasteiger partial charge in [-0.1, -0.05) is 0 Å². The molecule has 0 aromatic carbocycles. The normalized spacial score (nSPS) is 17.2. The van der Waals surface area contributed by atoms with E-state index in [0.29, 0.717) is 43.4 Å². The van der Waals surface area contributed by atoms with Gasteiger partial charge in [0.2, 0.25) is 0 Å². The van der Waals surface area contributed by atoms with Crippen molar-refractivity contribution in [3.63, 3.8) is 0 Å². The average Bonchev–Trinajstić information content (AvgIpc) is 3.40. The van der Waals surface area contributed by atoms with Crippen LogP contribution in [0.4, 0.5) is 13.2 Å². The van der Waals surface area contributed by atoms with E-state index in [-0.39, 0.29) is 30.1 Å². The van der Waals surface area contributed by atoms with Crippen LogP contribution in [0.2, 0.25) is 0 Å². The fourth-order valence-electron chi connectivity index (χ4n) is 2.76. The van der Waals surface area contributed by atoms with E-state index in [1.54, 1.807) is 6.26 Å². The Balaban J connectivity index is 0.00000300. The molecule has 29 heavy (non-hydrogen) atoms. The fourth-order valence-corrected chi connectivity index (χ4v) is 3.56. The minimum atomic E-state index is -4.40. The standard InChI is InChI=1S/C18H23F3N4O2S.HI/c19-18(20,21)15-12-28-16(25-15)6-8-23-17(24-11-14-4-2-10-27-14)22-7-5-13-3-1-9-26-13;/h1,3,9,12,14H,2,4-8,10-11H2,(H2,22,23,24);1H. The Morgan fingerprint density at radius 2 is 2.07 bits per heavy atom. The van der Waals surface area contributed by atoms with Crippen LogP contribution in [0.3, 0.4) is 0 Å². The molecule has 11 heteroatoms. The van der Waals surface area contributed by atoms with Gasteiger partial charge in [-0.15, -0.1) is 35.3 Å². The summed E-state index contributed by atoms with van der Waals surface area (Å²) in [5, 5.41) is 7.87. The van der Waals surface area contributed by atoms with E-state index < -0.39 is 11.9 Å². The summed E-state index contributed by atoms with van der Waals surface area (Å²) in [5.41, 5.74) is -0.837. The van der Waals surface area contributed by atoms with Gasteiger partial charge in [0, 0.05) is 37.9 Å². The van der Waals surface area contributed by atoms with Gasteiger partial charge < -0.3 is 19.8 Å². The lowest BCUT2D eigenvalue weighted by Crippen LogP contribution is -2.40. The van der Waals surface area contributed by atoms with Gasteiger partial charge in [-0.3, -0.25) is 4.99 Å². The summed E-state index contributed by atoms with van der Waals surface area (Å²) in [4.78, 5) is 8.19. The van der Waals surface area contributed by atoms with Crippen LogP contribution < -0.4 is 10.6 Å². The Kier molecular flexibility index (Phi) is 9.69. The lowest BCUT2D eigenvalue weighted by atomic mass is 10.2. The van der Waals surface area contributed by atoms with Crippen molar-refractivity contribution in [3.8, 4) is 0 Å². The minimum absolute atomic E-state index is 0. The Morgan fingerprint density at radius 1 is 1.28 bits per heavy atom. The first-order valence-electron chi connectivity index (χ1n) is 9.18. The number of thiazole rings is 1.